The number of hydrogen-bond acceptors (Lipinski definition) is 1. The van der Waals surface area contributed by atoms with Gasteiger partial charge in [0.2, 0.25) is 0 Å². The van der Waals surface area contributed by atoms with E-state index in [4.69, 9.17) is 0 Å². The molecule has 0 aromatic heterocycles. The van der Waals surface area contributed by atoms with Crippen LogP contribution in [0.4, 0.5) is 5.69 Å². The molecule has 1 amide bonds. The first-order valence-corrected chi connectivity index (χ1v) is 6.21. The zero-order valence-corrected chi connectivity index (χ0v) is 10.6. The lowest BCUT2D eigenvalue weighted by Crippen LogP contribution is -2.22. The van der Waals surface area contributed by atoms with E-state index in [1.807, 2.05) is 48.5 Å². The molecule has 0 radical (unpaired) electrons. The third-order valence-corrected chi connectivity index (χ3v) is 3.62. The molecule has 2 aromatic carbocycles. The van der Waals surface area contributed by atoms with E-state index < -0.39 is 0 Å². The highest BCUT2D eigenvalue weighted by molar-refractivity contribution is 9.10. The van der Waals surface area contributed by atoms with Crippen LogP contribution in [0.15, 0.2) is 53.0 Å². The monoisotopic (exact) mass is 287 g/mol. The van der Waals surface area contributed by atoms with Crippen LogP contribution >= 0.6 is 15.9 Å². The van der Waals surface area contributed by atoms with Crippen molar-refractivity contribution in [1.82, 2.24) is 0 Å². The number of nitrogens with zero attached hydrogens (tertiary/aromatic N) is 1. The lowest BCUT2D eigenvalue weighted by atomic mass is 10.1. The summed E-state index contributed by atoms with van der Waals surface area (Å²) in [4.78, 5) is 14.1. The number of rotatable bonds is 1. The molecule has 84 valence electrons. The predicted octanol–water partition coefficient (Wildman–Crippen LogP) is 3.61. The first kappa shape index (κ1) is 10.5. The van der Waals surface area contributed by atoms with E-state index in [9.17, 15) is 4.79 Å². The van der Waals surface area contributed by atoms with Crippen molar-refractivity contribution in [2.45, 2.75) is 6.54 Å². The zero-order valence-electron chi connectivity index (χ0n) is 9.06. The van der Waals surface area contributed by atoms with Crippen molar-refractivity contribution >= 4 is 27.5 Å². The summed E-state index contributed by atoms with van der Waals surface area (Å²) in [5.41, 5.74) is 2.81. The van der Waals surface area contributed by atoms with Crippen LogP contribution in [0.5, 0.6) is 0 Å². The van der Waals surface area contributed by atoms with Crippen LogP contribution in [-0.2, 0) is 6.54 Å². The van der Waals surface area contributed by atoms with Gasteiger partial charge in [-0.1, -0.05) is 30.3 Å². The number of carbonyl (C=O) groups is 1. The summed E-state index contributed by atoms with van der Waals surface area (Å²) >= 11 is 3.44. The summed E-state index contributed by atoms with van der Waals surface area (Å²) < 4.78 is 0.874. The van der Waals surface area contributed by atoms with Gasteiger partial charge in [-0.3, -0.25) is 4.79 Å². The quantitative estimate of drug-likeness (QED) is 0.785. The van der Waals surface area contributed by atoms with E-state index in [0.29, 0.717) is 6.54 Å². The fourth-order valence-corrected chi connectivity index (χ4v) is 2.71. The van der Waals surface area contributed by atoms with Crippen molar-refractivity contribution in [1.29, 1.82) is 0 Å². The third-order valence-electron chi connectivity index (χ3n) is 2.96. The van der Waals surface area contributed by atoms with Crippen molar-refractivity contribution in [3.05, 3.63) is 64.1 Å². The highest BCUT2D eigenvalue weighted by Gasteiger charge is 2.29. The Kier molecular flexibility index (Phi) is 2.48. The Morgan fingerprint density at radius 3 is 2.47 bits per heavy atom. The summed E-state index contributed by atoms with van der Waals surface area (Å²) in [6.45, 7) is 0.650. The minimum absolute atomic E-state index is 0.0682. The highest BCUT2D eigenvalue weighted by Crippen LogP contribution is 2.32. The molecule has 0 unspecified atom stereocenters. The Hall–Kier alpha value is -1.61. The van der Waals surface area contributed by atoms with Crippen molar-refractivity contribution in [3.63, 3.8) is 0 Å². The van der Waals surface area contributed by atoms with Crippen molar-refractivity contribution in [3.8, 4) is 0 Å². The second-order valence-electron chi connectivity index (χ2n) is 4.00. The molecule has 0 saturated carbocycles. The van der Waals surface area contributed by atoms with Gasteiger partial charge in [-0.05, 0) is 39.7 Å². The molecule has 0 spiro atoms. The Balaban J connectivity index is 2.06. The van der Waals surface area contributed by atoms with Crippen LogP contribution in [0.1, 0.15) is 15.9 Å². The van der Waals surface area contributed by atoms with Gasteiger partial charge in [-0.2, -0.15) is 0 Å². The largest absolute Gasteiger partial charge is 0.304 e. The van der Waals surface area contributed by atoms with Crippen LogP contribution in [0, 0.1) is 0 Å². The minimum atomic E-state index is 0.0682. The smallest absolute Gasteiger partial charge is 0.260 e. The molecule has 0 saturated heterocycles. The number of carbonyl (C=O) groups excluding carboxylic acids is 1. The number of amides is 1. The maximum Gasteiger partial charge on any atom is 0.260 e. The average molecular weight is 288 g/mol. The van der Waals surface area contributed by atoms with Crippen LogP contribution in [0.25, 0.3) is 0 Å². The second-order valence-corrected chi connectivity index (χ2v) is 4.86. The van der Waals surface area contributed by atoms with Gasteiger partial charge >= 0.3 is 0 Å². The molecule has 0 fully saturated rings. The van der Waals surface area contributed by atoms with E-state index in [0.717, 1.165) is 21.3 Å². The molecule has 2 aromatic rings. The first-order chi connectivity index (χ1) is 8.27. The van der Waals surface area contributed by atoms with Gasteiger partial charge in [0.1, 0.15) is 0 Å². The molecule has 0 N–H and O–H groups in total. The number of benzene rings is 2. The molecule has 3 heteroatoms. The molecule has 0 bridgehead atoms. The molecular weight excluding hydrogens is 278 g/mol. The normalized spacial score (nSPS) is 13.9. The number of halogens is 1. The standard InChI is InChI=1S/C14H10BrNO/c15-12-8-4-5-10-9-16(14(17)13(10)12)11-6-2-1-3-7-11/h1-8H,9H2. The predicted molar refractivity (Wildman–Crippen MR) is 71.1 cm³/mol. The molecule has 0 atom stereocenters. The van der Waals surface area contributed by atoms with Gasteiger partial charge in [0, 0.05) is 10.2 Å². The molecule has 1 aliphatic rings. The summed E-state index contributed by atoms with van der Waals surface area (Å²) in [7, 11) is 0. The van der Waals surface area contributed by atoms with E-state index in [1.165, 1.54) is 0 Å². The molecule has 0 aliphatic carbocycles. The van der Waals surface area contributed by atoms with Gasteiger partial charge in [-0.25, -0.2) is 0 Å². The van der Waals surface area contributed by atoms with E-state index in [1.54, 1.807) is 4.90 Å². The van der Waals surface area contributed by atoms with Gasteiger partial charge in [0.05, 0.1) is 12.1 Å². The molecule has 1 heterocycles. The fraction of sp³-hybridized carbons (Fsp3) is 0.0714. The Labute approximate surface area is 108 Å². The molecule has 2 nitrogen and oxygen atoms in total. The van der Waals surface area contributed by atoms with Crippen LogP contribution in [0.3, 0.4) is 0 Å². The fourth-order valence-electron chi connectivity index (χ4n) is 2.13. The maximum absolute atomic E-state index is 12.3. The lowest BCUT2D eigenvalue weighted by Gasteiger charge is -2.15. The Bertz CT molecular complexity index is 580. The zero-order chi connectivity index (χ0) is 11.8. The summed E-state index contributed by atoms with van der Waals surface area (Å²) in [5.74, 6) is 0.0682. The SMILES string of the molecule is O=C1c2c(Br)cccc2CN1c1ccccc1. The number of hydrogen-bond donors (Lipinski definition) is 0. The summed E-state index contributed by atoms with van der Waals surface area (Å²) in [6.07, 6.45) is 0. The van der Waals surface area contributed by atoms with E-state index in [2.05, 4.69) is 15.9 Å². The third kappa shape index (κ3) is 1.67. The van der Waals surface area contributed by atoms with Gasteiger partial charge in [0.25, 0.3) is 5.91 Å². The topological polar surface area (TPSA) is 20.3 Å². The van der Waals surface area contributed by atoms with Gasteiger partial charge in [0.15, 0.2) is 0 Å². The highest BCUT2D eigenvalue weighted by atomic mass is 79.9. The van der Waals surface area contributed by atoms with Crippen LogP contribution in [0.2, 0.25) is 0 Å². The van der Waals surface area contributed by atoms with Crippen LogP contribution < -0.4 is 4.90 Å². The maximum atomic E-state index is 12.3. The number of para-hydroxylation sites is 1. The van der Waals surface area contributed by atoms with Crippen molar-refractivity contribution < 1.29 is 4.79 Å². The van der Waals surface area contributed by atoms with Gasteiger partial charge in [-0.15, -0.1) is 0 Å². The van der Waals surface area contributed by atoms with E-state index >= 15 is 0 Å². The van der Waals surface area contributed by atoms with Crippen LogP contribution in [-0.4, -0.2) is 5.91 Å². The van der Waals surface area contributed by atoms with E-state index in [-0.39, 0.29) is 5.91 Å². The van der Waals surface area contributed by atoms with Crippen molar-refractivity contribution in [2.24, 2.45) is 0 Å². The van der Waals surface area contributed by atoms with Crippen molar-refractivity contribution in [2.75, 3.05) is 4.90 Å². The Morgan fingerprint density at radius 2 is 1.76 bits per heavy atom. The number of fused-ring (bicyclic) bond motifs is 1. The first-order valence-electron chi connectivity index (χ1n) is 5.41. The molecule has 1 aliphatic heterocycles. The molecule has 3 rings (SSSR count). The lowest BCUT2D eigenvalue weighted by molar-refractivity contribution is 0.0996. The number of anilines is 1. The summed E-state index contributed by atoms with van der Waals surface area (Å²) in [5, 5.41) is 0. The molecule has 17 heavy (non-hydrogen) atoms. The summed E-state index contributed by atoms with van der Waals surface area (Å²) in [6, 6.07) is 15.6. The average Bonchev–Trinajstić information content (AvgIpc) is 2.69. The minimum Gasteiger partial charge on any atom is -0.304 e. The Morgan fingerprint density at radius 1 is 1.00 bits per heavy atom. The van der Waals surface area contributed by atoms with Gasteiger partial charge < -0.3 is 4.90 Å². The second kappa shape index (κ2) is 4.00. The molecular formula is C14H10BrNO.